The molecule has 1 amide bonds. The first kappa shape index (κ1) is 23.6. The maximum Gasteiger partial charge on any atom is 0.335 e. The number of nitrogens with zero attached hydrogens (tertiary/aromatic N) is 2. The van der Waals surface area contributed by atoms with Crippen LogP contribution in [0.25, 0.3) is 5.69 Å². The van der Waals surface area contributed by atoms with Crippen molar-refractivity contribution in [2.24, 2.45) is 0 Å². The summed E-state index contributed by atoms with van der Waals surface area (Å²) in [5.41, 5.74) is -0.407. The highest BCUT2D eigenvalue weighted by Gasteiger charge is 2.19. The zero-order valence-electron chi connectivity index (χ0n) is 17.7. The Hall–Kier alpha value is -3.03. The zero-order valence-corrected chi connectivity index (χ0v) is 19.2. The van der Waals surface area contributed by atoms with Gasteiger partial charge in [-0.15, -0.1) is 0 Å². The Labute approximate surface area is 195 Å². The number of carbonyl (C=O) groups is 1. The van der Waals surface area contributed by atoms with Crippen LogP contribution in [0.2, 0.25) is 10.0 Å². The molecule has 1 aromatic heterocycles. The van der Waals surface area contributed by atoms with Gasteiger partial charge in [0.25, 0.3) is 11.5 Å². The molecule has 0 aliphatic heterocycles. The van der Waals surface area contributed by atoms with Gasteiger partial charge in [0.2, 0.25) is 0 Å². The lowest BCUT2D eigenvalue weighted by Gasteiger charge is -2.14. The van der Waals surface area contributed by atoms with E-state index in [1.165, 1.54) is 17.9 Å². The van der Waals surface area contributed by atoms with Crippen molar-refractivity contribution < 1.29 is 9.53 Å². The smallest absolute Gasteiger partial charge is 0.335 e. The Morgan fingerprint density at radius 3 is 2.59 bits per heavy atom. The Balaban J connectivity index is 2.03. The van der Waals surface area contributed by atoms with E-state index in [9.17, 15) is 14.4 Å². The van der Waals surface area contributed by atoms with Crippen LogP contribution < -0.4 is 21.3 Å². The molecule has 0 saturated carbocycles. The number of halogens is 2. The molecule has 9 heteroatoms. The van der Waals surface area contributed by atoms with E-state index < -0.39 is 17.2 Å². The highest BCUT2D eigenvalue weighted by atomic mass is 35.5. The van der Waals surface area contributed by atoms with Crippen LogP contribution in [0.1, 0.15) is 35.7 Å². The lowest BCUT2D eigenvalue weighted by Crippen LogP contribution is -2.43. The van der Waals surface area contributed by atoms with Gasteiger partial charge in [-0.3, -0.25) is 14.2 Å². The molecule has 0 saturated heterocycles. The summed E-state index contributed by atoms with van der Waals surface area (Å²) in [5.74, 6) is -0.121. The average Bonchev–Trinajstić information content (AvgIpc) is 2.78. The third kappa shape index (κ3) is 5.23. The fourth-order valence-corrected chi connectivity index (χ4v) is 3.63. The molecule has 0 bridgehead atoms. The number of hydrogen-bond donors (Lipinski definition) is 1. The molecule has 1 N–H and O–H groups in total. The lowest BCUT2D eigenvalue weighted by atomic mass is 10.2. The van der Waals surface area contributed by atoms with Crippen molar-refractivity contribution in [2.75, 3.05) is 7.11 Å². The third-order valence-electron chi connectivity index (χ3n) is 4.92. The van der Waals surface area contributed by atoms with Gasteiger partial charge in [-0.1, -0.05) is 48.7 Å². The van der Waals surface area contributed by atoms with Crippen molar-refractivity contribution >= 4 is 29.1 Å². The van der Waals surface area contributed by atoms with E-state index in [2.05, 4.69) is 5.32 Å². The molecule has 7 nitrogen and oxygen atoms in total. The number of amides is 1. The average molecular weight is 476 g/mol. The minimum Gasteiger partial charge on any atom is -0.497 e. The summed E-state index contributed by atoms with van der Waals surface area (Å²) in [6.07, 6.45) is 2.88. The first-order chi connectivity index (χ1) is 15.3. The number of benzene rings is 2. The van der Waals surface area contributed by atoms with E-state index in [-0.39, 0.29) is 12.1 Å². The second kappa shape index (κ2) is 10.5. The number of carbonyl (C=O) groups excluding carboxylic acids is 1. The molecule has 32 heavy (non-hydrogen) atoms. The largest absolute Gasteiger partial charge is 0.497 e. The van der Waals surface area contributed by atoms with E-state index in [0.717, 1.165) is 17.4 Å². The van der Waals surface area contributed by atoms with Crippen LogP contribution >= 0.6 is 23.2 Å². The summed E-state index contributed by atoms with van der Waals surface area (Å²) < 4.78 is 7.58. The maximum atomic E-state index is 13.2. The predicted octanol–water partition coefficient (Wildman–Crippen LogP) is 4.04. The van der Waals surface area contributed by atoms with Crippen molar-refractivity contribution in [1.82, 2.24) is 14.5 Å². The minimum atomic E-state index is -0.712. The summed E-state index contributed by atoms with van der Waals surface area (Å²) in [6.45, 7) is 2.47. The van der Waals surface area contributed by atoms with E-state index >= 15 is 0 Å². The Morgan fingerprint density at radius 2 is 1.91 bits per heavy atom. The van der Waals surface area contributed by atoms with Gasteiger partial charge in [-0.25, -0.2) is 9.36 Å². The van der Waals surface area contributed by atoms with E-state index in [1.807, 2.05) is 6.92 Å². The normalized spacial score (nSPS) is 10.8. The highest BCUT2D eigenvalue weighted by molar-refractivity contribution is 6.35. The van der Waals surface area contributed by atoms with Crippen molar-refractivity contribution in [3.63, 3.8) is 0 Å². The highest BCUT2D eigenvalue weighted by Crippen LogP contribution is 2.20. The topological polar surface area (TPSA) is 82.3 Å². The standard InChI is InChI=1S/C23H23Cl2N3O4/c1-3-4-10-27-14-19(21(29)26-13-15-8-9-16(24)11-20(15)25)22(30)28(23(27)31)17-6-5-7-18(12-17)32-2/h5-9,11-12,14H,3-4,10,13H2,1-2H3,(H,26,29). The van der Waals surface area contributed by atoms with Gasteiger partial charge in [0.1, 0.15) is 11.3 Å². The number of rotatable bonds is 8. The number of aromatic nitrogens is 2. The van der Waals surface area contributed by atoms with Crippen LogP contribution in [0, 0.1) is 0 Å². The molecular weight excluding hydrogens is 453 g/mol. The summed E-state index contributed by atoms with van der Waals surface area (Å²) in [6, 6.07) is 11.5. The van der Waals surface area contributed by atoms with Gasteiger partial charge in [0.15, 0.2) is 0 Å². The molecule has 0 fully saturated rings. The van der Waals surface area contributed by atoms with Crippen molar-refractivity contribution in [3.05, 3.63) is 90.7 Å². The van der Waals surface area contributed by atoms with Crippen molar-refractivity contribution in [3.8, 4) is 11.4 Å². The maximum absolute atomic E-state index is 13.2. The third-order valence-corrected chi connectivity index (χ3v) is 5.51. The van der Waals surface area contributed by atoms with Gasteiger partial charge >= 0.3 is 5.69 Å². The number of methoxy groups -OCH3 is 1. The second-order valence-electron chi connectivity index (χ2n) is 7.13. The minimum absolute atomic E-state index is 0.0987. The van der Waals surface area contributed by atoms with Crippen molar-refractivity contribution in [2.45, 2.75) is 32.9 Å². The van der Waals surface area contributed by atoms with Crippen LogP contribution in [0.3, 0.4) is 0 Å². The molecule has 0 aliphatic rings. The van der Waals surface area contributed by atoms with Gasteiger partial charge in [0, 0.05) is 35.4 Å². The van der Waals surface area contributed by atoms with Crippen LogP contribution in [-0.4, -0.2) is 22.2 Å². The van der Waals surface area contributed by atoms with E-state index in [1.54, 1.807) is 42.5 Å². The Bertz CT molecular complexity index is 1250. The van der Waals surface area contributed by atoms with Crippen LogP contribution in [0.4, 0.5) is 0 Å². The fraction of sp³-hybridized carbons (Fsp3) is 0.261. The molecular formula is C23H23Cl2N3O4. The summed E-state index contributed by atoms with van der Waals surface area (Å²) >= 11 is 12.1. The summed E-state index contributed by atoms with van der Waals surface area (Å²) in [7, 11) is 1.49. The Morgan fingerprint density at radius 1 is 1.12 bits per heavy atom. The molecule has 3 rings (SSSR count). The first-order valence-electron chi connectivity index (χ1n) is 10.1. The number of hydrogen-bond acceptors (Lipinski definition) is 4. The lowest BCUT2D eigenvalue weighted by molar-refractivity contribution is 0.0948. The van der Waals surface area contributed by atoms with E-state index in [4.69, 9.17) is 27.9 Å². The van der Waals surface area contributed by atoms with Gasteiger partial charge in [0.05, 0.1) is 12.8 Å². The molecule has 1 heterocycles. The van der Waals surface area contributed by atoms with Crippen LogP contribution in [0.5, 0.6) is 5.75 Å². The van der Waals surface area contributed by atoms with Crippen LogP contribution in [0.15, 0.2) is 58.3 Å². The molecule has 2 aromatic carbocycles. The molecule has 0 spiro atoms. The Kier molecular flexibility index (Phi) is 7.77. The summed E-state index contributed by atoms with van der Waals surface area (Å²) in [4.78, 5) is 39.2. The van der Waals surface area contributed by atoms with Crippen molar-refractivity contribution in [1.29, 1.82) is 0 Å². The quantitative estimate of drug-likeness (QED) is 0.532. The van der Waals surface area contributed by atoms with Gasteiger partial charge < -0.3 is 10.1 Å². The fourth-order valence-electron chi connectivity index (χ4n) is 3.16. The predicted molar refractivity (Wildman–Crippen MR) is 125 cm³/mol. The molecule has 0 atom stereocenters. The van der Waals surface area contributed by atoms with Gasteiger partial charge in [-0.2, -0.15) is 0 Å². The second-order valence-corrected chi connectivity index (χ2v) is 7.98. The molecule has 0 aliphatic carbocycles. The number of unbranched alkanes of at least 4 members (excludes halogenated alkanes) is 1. The summed E-state index contributed by atoms with van der Waals surface area (Å²) in [5, 5.41) is 3.58. The first-order valence-corrected chi connectivity index (χ1v) is 10.8. The molecule has 0 unspecified atom stereocenters. The van der Waals surface area contributed by atoms with E-state index in [0.29, 0.717) is 33.6 Å². The SMILES string of the molecule is CCCCn1cc(C(=O)NCc2ccc(Cl)cc2Cl)c(=O)n(-c2cccc(OC)c2)c1=O. The van der Waals surface area contributed by atoms with Gasteiger partial charge in [-0.05, 0) is 36.2 Å². The number of aryl methyl sites for hydroxylation is 1. The monoisotopic (exact) mass is 475 g/mol. The molecule has 168 valence electrons. The number of nitrogens with one attached hydrogen (secondary N) is 1. The number of ether oxygens (including phenoxy) is 1. The van der Waals surface area contributed by atoms with Crippen LogP contribution in [-0.2, 0) is 13.1 Å². The molecule has 0 radical (unpaired) electrons. The zero-order chi connectivity index (χ0) is 23.3. The molecule has 3 aromatic rings.